The van der Waals surface area contributed by atoms with Crippen LogP contribution < -0.4 is 20.5 Å². The molecule has 1 saturated carbocycles. The van der Waals surface area contributed by atoms with E-state index in [0.717, 1.165) is 35.2 Å². The van der Waals surface area contributed by atoms with Crippen molar-refractivity contribution < 1.29 is 14.3 Å². The van der Waals surface area contributed by atoms with Gasteiger partial charge in [0.2, 0.25) is 11.8 Å². The molecule has 0 bridgehead atoms. The second-order valence-electron chi connectivity index (χ2n) is 8.53. The average molecular weight is 433 g/mol. The normalized spacial score (nSPS) is 18.0. The summed E-state index contributed by atoms with van der Waals surface area (Å²) in [6, 6.07) is 7.34. The van der Waals surface area contributed by atoms with Crippen molar-refractivity contribution in [2.45, 2.75) is 45.4 Å². The monoisotopic (exact) mass is 432 g/mol. The molecule has 3 N–H and O–H groups in total. The quantitative estimate of drug-likeness (QED) is 0.709. The number of rotatable bonds is 6. The predicted molar refractivity (Wildman–Crippen MR) is 121 cm³/mol. The van der Waals surface area contributed by atoms with E-state index >= 15 is 0 Å². The van der Waals surface area contributed by atoms with Crippen LogP contribution in [0.4, 0.5) is 5.69 Å². The minimum atomic E-state index is -0.530. The Kier molecular flexibility index (Phi) is 6.04. The highest BCUT2D eigenvalue weighted by Crippen LogP contribution is 2.49. The number of fused-ring (bicyclic) bond motifs is 1. The number of nitrogens with zero attached hydrogens (tertiary/aromatic N) is 2. The number of amides is 1. The molecule has 2 aromatic rings. The molecule has 1 aliphatic heterocycles. The number of ether oxygens (including phenoxy) is 2. The molecule has 1 aromatic carbocycles. The van der Waals surface area contributed by atoms with E-state index in [-0.39, 0.29) is 0 Å². The molecule has 2 heterocycles. The third-order valence-corrected chi connectivity index (χ3v) is 6.43. The van der Waals surface area contributed by atoms with E-state index in [1.54, 1.807) is 25.4 Å². The smallest absolute Gasteiger partial charge is 0.247 e. The number of benzene rings is 1. The van der Waals surface area contributed by atoms with Gasteiger partial charge in [-0.2, -0.15) is 5.26 Å². The van der Waals surface area contributed by atoms with Crippen molar-refractivity contribution >= 4 is 11.6 Å². The summed E-state index contributed by atoms with van der Waals surface area (Å²) < 4.78 is 11.9. The van der Waals surface area contributed by atoms with Gasteiger partial charge in [0, 0.05) is 23.0 Å². The lowest BCUT2D eigenvalue weighted by Gasteiger charge is -2.32. The molecule has 1 aromatic heterocycles. The molecular formula is C25H28N4O3. The van der Waals surface area contributed by atoms with Crippen LogP contribution in [0.1, 0.15) is 60.8 Å². The van der Waals surface area contributed by atoms with Crippen LogP contribution in [0.15, 0.2) is 35.7 Å². The topological polar surface area (TPSA) is 110 Å². The number of carbonyl (C=O) groups excluding carboxylic acids is 1. The van der Waals surface area contributed by atoms with E-state index < -0.39 is 11.8 Å². The first-order valence-electron chi connectivity index (χ1n) is 10.9. The van der Waals surface area contributed by atoms with Gasteiger partial charge in [0.1, 0.15) is 5.75 Å². The number of hydrogen-bond acceptors (Lipinski definition) is 6. The molecule has 1 unspecified atom stereocenters. The maximum atomic E-state index is 12.6. The number of aryl methyl sites for hydroxylation is 1. The molecule has 1 aliphatic carbocycles. The Hall–Kier alpha value is -3.53. The first-order chi connectivity index (χ1) is 15.4. The van der Waals surface area contributed by atoms with Crippen molar-refractivity contribution in [3.63, 3.8) is 0 Å². The van der Waals surface area contributed by atoms with Crippen molar-refractivity contribution in [1.29, 1.82) is 5.26 Å². The Labute approximate surface area is 188 Å². The molecule has 7 nitrogen and oxygen atoms in total. The van der Waals surface area contributed by atoms with E-state index in [1.165, 1.54) is 12.8 Å². The van der Waals surface area contributed by atoms with Gasteiger partial charge in [-0.1, -0.05) is 18.9 Å². The third kappa shape index (κ3) is 3.89. The summed E-state index contributed by atoms with van der Waals surface area (Å²) in [6.07, 6.45) is 6.56. The minimum Gasteiger partial charge on any atom is -0.496 e. The van der Waals surface area contributed by atoms with Crippen molar-refractivity contribution in [3.8, 4) is 17.7 Å². The van der Waals surface area contributed by atoms with E-state index in [4.69, 9.17) is 15.2 Å². The molecule has 4 rings (SSSR count). The molecule has 32 heavy (non-hydrogen) atoms. The van der Waals surface area contributed by atoms with Gasteiger partial charge in [-0.15, -0.1) is 0 Å². The molecular weight excluding hydrogens is 404 g/mol. The maximum absolute atomic E-state index is 12.6. The number of pyridine rings is 1. The first-order valence-corrected chi connectivity index (χ1v) is 10.9. The highest BCUT2D eigenvalue weighted by Gasteiger charge is 2.37. The molecule has 2 aliphatic rings. The maximum Gasteiger partial charge on any atom is 0.247 e. The van der Waals surface area contributed by atoms with Gasteiger partial charge in [-0.25, -0.2) is 4.98 Å². The number of allylic oxidation sites excluding steroid dienone is 1. The minimum absolute atomic E-state index is 0.429. The van der Waals surface area contributed by atoms with Gasteiger partial charge < -0.3 is 20.5 Å². The molecule has 1 atom stereocenters. The number of primary amides is 1. The van der Waals surface area contributed by atoms with E-state index in [1.807, 2.05) is 19.9 Å². The lowest BCUT2D eigenvalue weighted by atomic mass is 9.79. The zero-order chi connectivity index (χ0) is 22.8. The zero-order valence-corrected chi connectivity index (χ0v) is 18.7. The highest BCUT2D eigenvalue weighted by molar-refractivity contribution is 5.98. The standard InChI is InChI=1S/C25H28N4O3/c1-14-12-28-25(32-13-16-6-4-5-7-16)22-21(20(24(27)30)15(2)29-23(14)22)18-9-8-17(11-26)10-19(18)31-3/h8-10,12,16,21,29H,4-7,13H2,1-3H3,(H2,27,30). The van der Waals surface area contributed by atoms with Crippen LogP contribution in [-0.4, -0.2) is 24.6 Å². The Bertz CT molecular complexity index is 1130. The first kappa shape index (κ1) is 21.7. The summed E-state index contributed by atoms with van der Waals surface area (Å²) in [6.45, 7) is 4.40. The zero-order valence-electron chi connectivity index (χ0n) is 18.7. The number of nitrogens with two attached hydrogens (primary N) is 1. The van der Waals surface area contributed by atoms with Crippen molar-refractivity contribution in [2.24, 2.45) is 11.7 Å². The van der Waals surface area contributed by atoms with Gasteiger partial charge in [0.05, 0.1) is 42.5 Å². The van der Waals surface area contributed by atoms with Gasteiger partial charge in [0.15, 0.2) is 0 Å². The summed E-state index contributed by atoms with van der Waals surface area (Å²) in [4.78, 5) is 17.2. The largest absolute Gasteiger partial charge is 0.496 e. The van der Waals surface area contributed by atoms with Crippen LogP contribution in [0, 0.1) is 24.2 Å². The predicted octanol–water partition coefficient (Wildman–Crippen LogP) is 4.16. The fourth-order valence-corrected chi connectivity index (χ4v) is 4.80. The van der Waals surface area contributed by atoms with Crippen LogP contribution in [0.2, 0.25) is 0 Å². The van der Waals surface area contributed by atoms with Gasteiger partial charge in [-0.3, -0.25) is 4.79 Å². The molecule has 7 heteroatoms. The molecule has 0 spiro atoms. The number of aromatic nitrogens is 1. The van der Waals surface area contributed by atoms with Crippen LogP contribution in [-0.2, 0) is 4.79 Å². The molecule has 1 amide bonds. The van der Waals surface area contributed by atoms with E-state index in [9.17, 15) is 10.1 Å². The number of anilines is 1. The highest BCUT2D eigenvalue weighted by atomic mass is 16.5. The number of methoxy groups -OCH3 is 1. The Morgan fingerprint density at radius 3 is 2.72 bits per heavy atom. The summed E-state index contributed by atoms with van der Waals surface area (Å²) in [5, 5.41) is 12.7. The lowest BCUT2D eigenvalue weighted by molar-refractivity contribution is -0.114. The summed E-state index contributed by atoms with van der Waals surface area (Å²) in [5.74, 6) is 0.461. The van der Waals surface area contributed by atoms with Crippen LogP contribution >= 0.6 is 0 Å². The second kappa shape index (κ2) is 8.91. The fourth-order valence-electron chi connectivity index (χ4n) is 4.80. The Morgan fingerprint density at radius 2 is 2.06 bits per heavy atom. The SMILES string of the molecule is COc1cc(C#N)ccc1C1C(C(N)=O)=C(C)Nc2c(C)cnc(OCC3CCCC3)c21. The summed E-state index contributed by atoms with van der Waals surface area (Å²) in [5.41, 5.74) is 10.7. The second-order valence-corrected chi connectivity index (χ2v) is 8.53. The molecule has 166 valence electrons. The van der Waals surface area contributed by atoms with E-state index in [0.29, 0.717) is 41.0 Å². The molecule has 0 radical (unpaired) electrons. The lowest BCUT2D eigenvalue weighted by Crippen LogP contribution is -2.29. The number of carbonyl (C=O) groups is 1. The van der Waals surface area contributed by atoms with Crippen LogP contribution in [0.25, 0.3) is 0 Å². The van der Waals surface area contributed by atoms with Gasteiger partial charge >= 0.3 is 0 Å². The van der Waals surface area contributed by atoms with Crippen molar-refractivity contribution in [3.05, 3.63) is 57.9 Å². The number of nitriles is 1. The summed E-state index contributed by atoms with van der Waals surface area (Å²) in [7, 11) is 1.55. The van der Waals surface area contributed by atoms with E-state index in [2.05, 4.69) is 16.4 Å². The van der Waals surface area contributed by atoms with Crippen molar-refractivity contribution in [2.75, 3.05) is 19.0 Å². The van der Waals surface area contributed by atoms with Gasteiger partial charge in [-0.05, 0) is 50.3 Å². The number of nitrogens with one attached hydrogen (secondary N) is 1. The summed E-state index contributed by atoms with van der Waals surface area (Å²) >= 11 is 0. The van der Waals surface area contributed by atoms with Crippen molar-refractivity contribution in [1.82, 2.24) is 4.98 Å². The molecule has 1 fully saturated rings. The number of hydrogen-bond donors (Lipinski definition) is 2. The Balaban J connectivity index is 1.89. The Morgan fingerprint density at radius 1 is 1.31 bits per heavy atom. The molecule has 0 saturated heterocycles. The average Bonchev–Trinajstić information content (AvgIpc) is 3.31. The van der Waals surface area contributed by atoms with Crippen LogP contribution in [0.5, 0.6) is 11.6 Å². The third-order valence-electron chi connectivity index (χ3n) is 6.43. The fraction of sp³-hybridized carbons (Fsp3) is 0.400. The van der Waals surface area contributed by atoms with Crippen LogP contribution in [0.3, 0.4) is 0 Å². The van der Waals surface area contributed by atoms with Gasteiger partial charge in [0.25, 0.3) is 0 Å².